The van der Waals surface area contributed by atoms with Crippen LogP contribution < -0.4 is 0 Å². The molecule has 1 aromatic carbocycles. The molecular formula is C20H18BrN3O. The summed E-state index contributed by atoms with van der Waals surface area (Å²) in [4.78, 5) is 12.3. The van der Waals surface area contributed by atoms with Crippen molar-refractivity contribution < 1.29 is 4.79 Å². The first-order valence-corrected chi connectivity index (χ1v) is 9.40. The highest BCUT2D eigenvalue weighted by atomic mass is 79.9. The predicted molar refractivity (Wildman–Crippen MR) is 98.9 cm³/mol. The van der Waals surface area contributed by atoms with Gasteiger partial charge in [-0.1, -0.05) is 15.9 Å². The predicted octanol–water partition coefficient (Wildman–Crippen LogP) is 4.33. The Labute approximate surface area is 155 Å². The number of carbonyl (C=O) groups excluding carboxylic acids is 1. The van der Waals surface area contributed by atoms with Crippen molar-refractivity contribution in [3.05, 3.63) is 52.8 Å². The van der Waals surface area contributed by atoms with Crippen molar-refractivity contribution in [2.45, 2.75) is 26.2 Å². The monoisotopic (exact) mass is 395 g/mol. The van der Waals surface area contributed by atoms with Crippen LogP contribution in [-0.4, -0.2) is 15.7 Å². The second-order valence-corrected chi connectivity index (χ2v) is 7.11. The van der Waals surface area contributed by atoms with Crippen LogP contribution in [0.1, 0.15) is 40.2 Å². The fourth-order valence-electron chi connectivity index (χ4n) is 3.52. The molecule has 3 rings (SSSR count). The summed E-state index contributed by atoms with van der Waals surface area (Å²) >= 11 is 3.26. The molecule has 4 nitrogen and oxygen atoms in total. The minimum Gasteiger partial charge on any atom is -0.317 e. The summed E-state index contributed by atoms with van der Waals surface area (Å²) in [6.07, 6.45) is 2.71. The van der Waals surface area contributed by atoms with Crippen molar-refractivity contribution in [1.29, 1.82) is 10.5 Å². The van der Waals surface area contributed by atoms with Crippen LogP contribution >= 0.6 is 15.9 Å². The van der Waals surface area contributed by atoms with Gasteiger partial charge in [0.25, 0.3) is 0 Å². The van der Waals surface area contributed by atoms with Crippen molar-refractivity contribution in [2.75, 3.05) is 5.33 Å². The molecule has 5 heteroatoms. The number of rotatable bonds is 5. The van der Waals surface area contributed by atoms with E-state index in [4.69, 9.17) is 10.5 Å². The normalized spacial score (nSPS) is 18.9. The van der Waals surface area contributed by atoms with Crippen molar-refractivity contribution >= 4 is 21.7 Å². The number of hydrogen-bond acceptors (Lipinski definition) is 3. The number of alkyl halides is 1. The Kier molecular flexibility index (Phi) is 5.06. The largest absolute Gasteiger partial charge is 0.317 e. The van der Waals surface area contributed by atoms with E-state index < -0.39 is 0 Å². The molecule has 0 N–H and O–H groups in total. The van der Waals surface area contributed by atoms with Gasteiger partial charge in [-0.3, -0.25) is 4.79 Å². The average molecular weight is 396 g/mol. The third-order valence-electron chi connectivity index (χ3n) is 4.92. The van der Waals surface area contributed by atoms with Gasteiger partial charge in [0.15, 0.2) is 5.78 Å². The topological polar surface area (TPSA) is 69.6 Å². The second kappa shape index (κ2) is 7.25. The summed E-state index contributed by atoms with van der Waals surface area (Å²) in [5, 5.41) is 18.3. The number of carbonyl (C=O) groups is 1. The molecule has 1 heterocycles. The van der Waals surface area contributed by atoms with Gasteiger partial charge in [0.1, 0.15) is 0 Å². The molecule has 0 bridgehead atoms. The molecule has 1 aliphatic rings. The first-order valence-electron chi connectivity index (χ1n) is 8.28. The Morgan fingerprint density at radius 2 is 1.96 bits per heavy atom. The zero-order chi connectivity index (χ0) is 18.0. The van der Waals surface area contributed by atoms with E-state index in [1.54, 1.807) is 12.1 Å². The molecule has 1 aromatic heterocycles. The maximum absolute atomic E-state index is 12.3. The Balaban J connectivity index is 1.98. The minimum atomic E-state index is 0.0645. The minimum absolute atomic E-state index is 0.0645. The number of nitrogens with zero attached hydrogens (tertiary/aromatic N) is 3. The van der Waals surface area contributed by atoms with Gasteiger partial charge in [-0.05, 0) is 62.4 Å². The van der Waals surface area contributed by atoms with Crippen molar-refractivity contribution in [3.63, 3.8) is 0 Å². The van der Waals surface area contributed by atoms with Gasteiger partial charge in [-0.15, -0.1) is 0 Å². The maximum atomic E-state index is 12.3. The number of ketones is 1. The van der Waals surface area contributed by atoms with E-state index in [1.807, 2.05) is 25.1 Å². The molecule has 0 atom stereocenters. The fraction of sp³-hybridized carbons (Fsp3) is 0.350. The fourth-order valence-corrected chi connectivity index (χ4v) is 3.83. The summed E-state index contributed by atoms with van der Waals surface area (Å²) in [6, 6.07) is 13.8. The summed E-state index contributed by atoms with van der Waals surface area (Å²) in [6.45, 7) is 1.95. The van der Waals surface area contributed by atoms with E-state index in [1.165, 1.54) is 0 Å². The zero-order valence-corrected chi connectivity index (χ0v) is 15.6. The molecule has 0 unspecified atom stereocenters. The third kappa shape index (κ3) is 3.38. The lowest BCUT2D eigenvalue weighted by molar-refractivity contribution is 0.102. The standard InChI is InChI=1S/C20H18BrN3O/c1-13-19(20(25)10-21)9-18(8-15-6-16(7-15)12-23)24(13)17-4-2-14(11-22)3-5-17/h2-5,9,15-16H,6-8,10H2,1H3/t15-,16-. The molecule has 0 radical (unpaired) electrons. The van der Waals surface area contributed by atoms with Crippen LogP contribution in [0.4, 0.5) is 0 Å². The maximum Gasteiger partial charge on any atom is 0.175 e. The third-order valence-corrected chi connectivity index (χ3v) is 5.43. The molecule has 126 valence electrons. The van der Waals surface area contributed by atoms with Crippen LogP contribution in [0.2, 0.25) is 0 Å². The molecule has 0 saturated heterocycles. The molecule has 1 aliphatic carbocycles. The van der Waals surface area contributed by atoms with Gasteiger partial charge in [0, 0.05) is 28.6 Å². The van der Waals surface area contributed by atoms with E-state index >= 15 is 0 Å². The number of hydrogen-bond donors (Lipinski definition) is 0. The molecule has 0 spiro atoms. The molecule has 0 amide bonds. The van der Waals surface area contributed by atoms with Crippen molar-refractivity contribution in [2.24, 2.45) is 11.8 Å². The zero-order valence-electron chi connectivity index (χ0n) is 14.0. The van der Waals surface area contributed by atoms with Crippen LogP contribution in [0.5, 0.6) is 0 Å². The van der Waals surface area contributed by atoms with Gasteiger partial charge in [0.05, 0.1) is 23.0 Å². The molecular weight excluding hydrogens is 378 g/mol. The lowest BCUT2D eigenvalue weighted by atomic mass is 9.73. The Bertz CT molecular complexity index is 877. The molecule has 0 aliphatic heterocycles. The Morgan fingerprint density at radius 1 is 1.28 bits per heavy atom. The summed E-state index contributed by atoms with van der Waals surface area (Å²) in [5.41, 5.74) is 4.31. The number of halogens is 1. The Hall–Kier alpha value is -2.37. The highest BCUT2D eigenvalue weighted by Crippen LogP contribution is 2.37. The van der Waals surface area contributed by atoms with E-state index in [0.717, 1.165) is 41.9 Å². The van der Waals surface area contributed by atoms with E-state index in [2.05, 4.69) is 32.6 Å². The number of benzene rings is 1. The molecule has 25 heavy (non-hydrogen) atoms. The van der Waals surface area contributed by atoms with Gasteiger partial charge < -0.3 is 4.57 Å². The number of nitriles is 2. The first kappa shape index (κ1) is 17.5. The lowest BCUT2D eigenvalue weighted by Gasteiger charge is -2.31. The molecule has 2 aromatic rings. The van der Waals surface area contributed by atoms with E-state index in [9.17, 15) is 4.79 Å². The first-order chi connectivity index (χ1) is 12.1. The SMILES string of the molecule is Cc1c(C(=O)CBr)cc(C[C@H]2C[C@H](C#N)C2)n1-c1ccc(C#N)cc1. The summed E-state index contributed by atoms with van der Waals surface area (Å²) < 4.78 is 2.11. The van der Waals surface area contributed by atoms with E-state index in [-0.39, 0.29) is 11.7 Å². The van der Waals surface area contributed by atoms with Crippen LogP contribution in [0.3, 0.4) is 0 Å². The van der Waals surface area contributed by atoms with Crippen LogP contribution in [0.25, 0.3) is 5.69 Å². The highest BCUT2D eigenvalue weighted by Gasteiger charge is 2.30. The van der Waals surface area contributed by atoms with E-state index in [0.29, 0.717) is 16.8 Å². The van der Waals surface area contributed by atoms with Gasteiger partial charge in [-0.2, -0.15) is 10.5 Å². The number of Topliss-reactive ketones (excluding diaryl/α,β-unsaturated/α-hetero) is 1. The van der Waals surface area contributed by atoms with Crippen LogP contribution in [0.15, 0.2) is 30.3 Å². The van der Waals surface area contributed by atoms with Gasteiger partial charge in [0.2, 0.25) is 0 Å². The van der Waals surface area contributed by atoms with Gasteiger partial charge >= 0.3 is 0 Å². The lowest BCUT2D eigenvalue weighted by Crippen LogP contribution is -2.25. The number of aromatic nitrogens is 1. The highest BCUT2D eigenvalue weighted by molar-refractivity contribution is 9.09. The van der Waals surface area contributed by atoms with Gasteiger partial charge in [-0.25, -0.2) is 0 Å². The van der Waals surface area contributed by atoms with Crippen LogP contribution in [0, 0.1) is 41.4 Å². The Morgan fingerprint density at radius 3 is 2.52 bits per heavy atom. The smallest absolute Gasteiger partial charge is 0.175 e. The average Bonchev–Trinajstić information content (AvgIpc) is 2.93. The second-order valence-electron chi connectivity index (χ2n) is 6.55. The van der Waals surface area contributed by atoms with Crippen molar-refractivity contribution in [1.82, 2.24) is 4.57 Å². The summed E-state index contributed by atoms with van der Waals surface area (Å²) in [7, 11) is 0. The van der Waals surface area contributed by atoms with Crippen LogP contribution in [-0.2, 0) is 6.42 Å². The van der Waals surface area contributed by atoms with Crippen molar-refractivity contribution in [3.8, 4) is 17.8 Å². The quantitative estimate of drug-likeness (QED) is 0.558. The molecule has 1 fully saturated rings. The summed E-state index contributed by atoms with van der Waals surface area (Å²) in [5.74, 6) is 0.728. The molecule has 1 saturated carbocycles.